The van der Waals surface area contributed by atoms with Gasteiger partial charge in [-0.2, -0.15) is 0 Å². The highest BCUT2D eigenvalue weighted by molar-refractivity contribution is 5.85. The Morgan fingerprint density at radius 3 is 1.36 bits per heavy atom. The molecule has 39 heavy (non-hydrogen) atoms. The summed E-state index contributed by atoms with van der Waals surface area (Å²) in [6, 6.07) is 15.8. The Morgan fingerprint density at radius 2 is 0.872 bits per heavy atom. The number of ether oxygens (including phenoxy) is 3. The zero-order chi connectivity index (χ0) is 28.4. The molecule has 1 heterocycles. The average Bonchev–Trinajstić information content (AvgIpc) is 2.81. The highest BCUT2D eigenvalue weighted by atomic mass is 19.4. The molecule has 1 aromatic heterocycles. The molecule has 0 N–H and O–H groups in total. The molecule has 0 atom stereocenters. The molecule has 0 unspecified atom stereocenters. The Hall–Kier alpha value is -4.42. The zero-order valence-electron chi connectivity index (χ0n) is 19.2. The molecule has 204 valence electrons. The molecule has 0 spiro atoms. The van der Waals surface area contributed by atoms with Gasteiger partial charge in [0.2, 0.25) is 0 Å². The Balaban J connectivity index is 1.85. The second kappa shape index (κ2) is 10.4. The van der Waals surface area contributed by atoms with E-state index in [1.54, 1.807) is 0 Å². The quantitative estimate of drug-likeness (QED) is 0.222. The lowest BCUT2D eigenvalue weighted by Gasteiger charge is -2.15. The summed E-state index contributed by atoms with van der Waals surface area (Å²) in [5, 5.41) is 0. The molecule has 0 amide bonds. The molecule has 0 bridgehead atoms. The van der Waals surface area contributed by atoms with E-state index in [1.165, 1.54) is 48.7 Å². The van der Waals surface area contributed by atoms with Crippen molar-refractivity contribution >= 4 is 0 Å². The molecular formula is C26H14F9NO3. The number of hydrogen-bond acceptors (Lipinski definition) is 4. The lowest BCUT2D eigenvalue weighted by molar-refractivity contribution is -0.275. The smallest absolute Gasteiger partial charge is 0.406 e. The van der Waals surface area contributed by atoms with Crippen LogP contribution in [0.2, 0.25) is 0 Å². The first kappa shape index (κ1) is 27.6. The van der Waals surface area contributed by atoms with Crippen molar-refractivity contribution in [2.45, 2.75) is 19.1 Å². The summed E-state index contributed by atoms with van der Waals surface area (Å²) in [4.78, 5) is 4.28. The molecule has 4 aromatic rings. The number of rotatable bonds is 6. The first-order chi connectivity index (χ1) is 18.2. The van der Waals surface area contributed by atoms with E-state index in [1.807, 2.05) is 0 Å². The van der Waals surface area contributed by atoms with Gasteiger partial charge < -0.3 is 14.2 Å². The first-order valence-electron chi connectivity index (χ1n) is 10.7. The summed E-state index contributed by atoms with van der Waals surface area (Å²) in [5.41, 5.74) is 0.908. The van der Waals surface area contributed by atoms with Gasteiger partial charge in [0, 0.05) is 22.9 Å². The number of benzene rings is 3. The van der Waals surface area contributed by atoms with Crippen molar-refractivity contribution in [3.8, 4) is 50.8 Å². The number of alkyl halides is 9. The molecule has 0 aliphatic rings. The topological polar surface area (TPSA) is 40.6 Å². The monoisotopic (exact) mass is 559 g/mol. The van der Waals surface area contributed by atoms with Gasteiger partial charge in [-0.3, -0.25) is 4.98 Å². The van der Waals surface area contributed by atoms with Crippen LogP contribution in [0, 0.1) is 0 Å². The van der Waals surface area contributed by atoms with Gasteiger partial charge in [0.05, 0.1) is 5.69 Å². The maximum absolute atomic E-state index is 12.8. The maximum Gasteiger partial charge on any atom is 0.573 e. The van der Waals surface area contributed by atoms with Crippen molar-refractivity contribution in [1.82, 2.24) is 4.98 Å². The van der Waals surface area contributed by atoms with Gasteiger partial charge in [0.1, 0.15) is 17.2 Å². The Bertz CT molecular complexity index is 1460. The normalized spacial score (nSPS) is 12.2. The molecule has 3 aromatic carbocycles. The second-order valence-corrected chi connectivity index (χ2v) is 7.85. The lowest BCUT2D eigenvalue weighted by Crippen LogP contribution is -2.17. The lowest BCUT2D eigenvalue weighted by atomic mass is 9.95. The number of aromatic nitrogens is 1. The predicted molar refractivity (Wildman–Crippen MR) is 121 cm³/mol. The van der Waals surface area contributed by atoms with Crippen LogP contribution in [0.15, 0.2) is 85.1 Å². The molecule has 0 saturated carbocycles. The first-order valence-corrected chi connectivity index (χ1v) is 10.7. The Kier molecular flexibility index (Phi) is 7.35. The molecule has 4 rings (SSSR count). The number of pyridine rings is 1. The van der Waals surface area contributed by atoms with Gasteiger partial charge in [-0.05, 0) is 53.6 Å². The zero-order valence-corrected chi connectivity index (χ0v) is 19.2. The van der Waals surface area contributed by atoms with Crippen molar-refractivity contribution in [3.05, 3.63) is 85.1 Å². The summed E-state index contributed by atoms with van der Waals surface area (Å²) < 4.78 is 127. The van der Waals surface area contributed by atoms with Gasteiger partial charge in [0.25, 0.3) is 0 Å². The van der Waals surface area contributed by atoms with Crippen LogP contribution in [-0.4, -0.2) is 24.1 Å². The van der Waals surface area contributed by atoms with Crippen molar-refractivity contribution in [1.29, 1.82) is 0 Å². The van der Waals surface area contributed by atoms with E-state index in [-0.39, 0.29) is 33.5 Å². The van der Waals surface area contributed by atoms with Crippen molar-refractivity contribution < 1.29 is 53.7 Å². The third-order valence-electron chi connectivity index (χ3n) is 5.01. The molecule has 0 saturated heterocycles. The van der Waals surface area contributed by atoms with E-state index >= 15 is 0 Å². The third kappa shape index (κ3) is 7.79. The van der Waals surface area contributed by atoms with Gasteiger partial charge in [-0.25, -0.2) is 0 Å². The van der Waals surface area contributed by atoms with Crippen LogP contribution in [0.3, 0.4) is 0 Å². The summed E-state index contributed by atoms with van der Waals surface area (Å²) in [7, 11) is 0. The molecule has 13 heteroatoms. The highest BCUT2D eigenvalue weighted by Crippen LogP contribution is 2.38. The summed E-state index contributed by atoms with van der Waals surface area (Å²) in [6.07, 6.45) is -13.7. The summed E-state index contributed by atoms with van der Waals surface area (Å²) >= 11 is 0. The van der Waals surface area contributed by atoms with Crippen molar-refractivity contribution in [2.75, 3.05) is 0 Å². The molecular weight excluding hydrogens is 545 g/mol. The molecule has 0 aliphatic heterocycles. The fourth-order valence-corrected chi connectivity index (χ4v) is 3.65. The Morgan fingerprint density at radius 1 is 0.462 bits per heavy atom. The number of nitrogens with zero attached hydrogens (tertiary/aromatic N) is 1. The minimum atomic E-state index is -5.00. The van der Waals surface area contributed by atoms with Crippen LogP contribution >= 0.6 is 0 Å². The van der Waals surface area contributed by atoms with E-state index in [9.17, 15) is 39.5 Å². The fraction of sp³-hybridized carbons (Fsp3) is 0.115. The van der Waals surface area contributed by atoms with E-state index in [0.717, 1.165) is 36.4 Å². The largest absolute Gasteiger partial charge is 0.573 e. The number of halogens is 9. The minimum Gasteiger partial charge on any atom is -0.406 e. The van der Waals surface area contributed by atoms with Crippen LogP contribution in [0.5, 0.6) is 17.2 Å². The second-order valence-electron chi connectivity index (χ2n) is 7.85. The van der Waals surface area contributed by atoms with E-state index in [4.69, 9.17) is 0 Å². The van der Waals surface area contributed by atoms with Gasteiger partial charge >= 0.3 is 19.1 Å². The summed E-state index contributed by atoms with van der Waals surface area (Å²) in [6.45, 7) is 0. The van der Waals surface area contributed by atoms with Gasteiger partial charge in [-0.1, -0.05) is 36.4 Å². The highest BCUT2D eigenvalue weighted by Gasteiger charge is 2.33. The standard InChI is InChI=1S/C26H14F9NO3/c27-24(28,29)37-19-7-1-4-15(10-19)18-13-22(16-5-2-8-20(11-16)38-25(30,31)32)23(36-14-18)17-6-3-9-21(12-17)39-26(33,34)35/h1-14H. The predicted octanol–water partition coefficient (Wildman–Crippen LogP) is 8.78. The molecule has 0 aliphatic carbocycles. The SMILES string of the molecule is FC(F)(F)Oc1cccc(-c2cnc(-c3cccc(OC(F)(F)F)c3)c(-c3cccc(OC(F)(F)F)c3)c2)c1. The van der Waals surface area contributed by atoms with Crippen molar-refractivity contribution in [3.63, 3.8) is 0 Å². The molecule has 4 nitrogen and oxygen atoms in total. The number of hydrogen-bond donors (Lipinski definition) is 0. The van der Waals surface area contributed by atoms with Gasteiger partial charge in [-0.15, -0.1) is 39.5 Å². The van der Waals surface area contributed by atoms with Crippen LogP contribution < -0.4 is 14.2 Å². The van der Waals surface area contributed by atoms with Crippen LogP contribution in [-0.2, 0) is 0 Å². The minimum absolute atomic E-state index is 0.0539. The fourth-order valence-electron chi connectivity index (χ4n) is 3.65. The average molecular weight is 559 g/mol. The van der Waals surface area contributed by atoms with Crippen LogP contribution in [0.25, 0.3) is 33.5 Å². The molecule has 0 radical (unpaired) electrons. The van der Waals surface area contributed by atoms with Gasteiger partial charge in [0.15, 0.2) is 0 Å². The third-order valence-corrected chi connectivity index (χ3v) is 5.01. The van der Waals surface area contributed by atoms with E-state index in [2.05, 4.69) is 19.2 Å². The Labute approximate surface area is 214 Å². The molecule has 0 fully saturated rings. The van der Waals surface area contributed by atoms with Crippen molar-refractivity contribution in [2.24, 2.45) is 0 Å². The van der Waals surface area contributed by atoms with E-state index < -0.39 is 36.3 Å². The maximum atomic E-state index is 12.8. The summed E-state index contributed by atoms with van der Waals surface area (Å²) in [5.74, 6) is -1.67. The van der Waals surface area contributed by atoms with Crippen LogP contribution in [0.1, 0.15) is 0 Å². The van der Waals surface area contributed by atoms with E-state index in [0.29, 0.717) is 0 Å². The van der Waals surface area contributed by atoms with Crippen LogP contribution in [0.4, 0.5) is 39.5 Å².